The number of rotatable bonds is 6. The first-order valence-corrected chi connectivity index (χ1v) is 9.92. The normalized spacial score (nSPS) is 21.1. The van der Waals surface area contributed by atoms with Gasteiger partial charge in [-0.15, -0.1) is 35.3 Å². The Kier molecular flexibility index (Phi) is 9.21. The van der Waals surface area contributed by atoms with Gasteiger partial charge in [0.2, 0.25) is 0 Å². The Morgan fingerprint density at radius 3 is 2.70 bits per heavy atom. The number of halogens is 1. The summed E-state index contributed by atoms with van der Waals surface area (Å²) in [5.74, 6) is 2.22. The van der Waals surface area contributed by atoms with Crippen molar-refractivity contribution >= 4 is 53.0 Å². The van der Waals surface area contributed by atoms with Crippen molar-refractivity contribution in [2.24, 2.45) is 4.99 Å². The third kappa shape index (κ3) is 6.78. The molecule has 1 aromatic heterocycles. The molecule has 1 fully saturated rings. The van der Waals surface area contributed by atoms with Crippen molar-refractivity contribution in [1.29, 1.82) is 0 Å². The molecule has 4 nitrogen and oxygen atoms in total. The Balaban J connectivity index is 0.00000264. The number of hydrogen-bond acceptors (Lipinski definition) is 4. The number of hydrogen-bond donors (Lipinski definition) is 2. The molecule has 0 aliphatic carbocycles. The second-order valence-electron chi connectivity index (χ2n) is 6.02. The lowest BCUT2D eigenvalue weighted by atomic mass is 10.1. The molecular formula is C16H29IN4S2. The molecule has 0 aromatic carbocycles. The van der Waals surface area contributed by atoms with Gasteiger partial charge in [0, 0.05) is 29.1 Å². The van der Waals surface area contributed by atoms with E-state index in [0.29, 0.717) is 4.75 Å². The molecule has 7 heteroatoms. The van der Waals surface area contributed by atoms with Crippen LogP contribution in [0.3, 0.4) is 0 Å². The number of thioether (sulfide) groups is 1. The van der Waals surface area contributed by atoms with Crippen LogP contribution in [0.15, 0.2) is 4.99 Å². The fourth-order valence-electron chi connectivity index (χ4n) is 2.65. The van der Waals surface area contributed by atoms with Gasteiger partial charge < -0.3 is 10.6 Å². The maximum absolute atomic E-state index is 4.79. The van der Waals surface area contributed by atoms with Crippen molar-refractivity contribution in [3.63, 3.8) is 0 Å². The zero-order chi connectivity index (χ0) is 16.0. The maximum Gasteiger partial charge on any atom is 0.191 e. The smallest absolute Gasteiger partial charge is 0.191 e. The van der Waals surface area contributed by atoms with Crippen LogP contribution in [0.1, 0.15) is 42.3 Å². The van der Waals surface area contributed by atoms with Crippen LogP contribution in [0.2, 0.25) is 0 Å². The Morgan fingerprint density at radius 2 is 2.13 bits per heavy atom. The van der Waals surface area contributed by atoms with E-state index in [-0.39, 0.29) is 24.0 Å². The standard InChI is InChI=1S/C16H28N4S2.HI/c1-5-17-15(19-11-16(4)8-6-10-21-16)18-9-7-14-12(2)20-13(3)22-14;/h5-11H2,1-4H3,(H2,17,18,19);1H. The highest BCUT2D eigenvalue weighted by atomic mass is 127. The quantitative estimate of drug-likeness (QED) is 0.379. The van der Waals surface area contributed by atoms with Crippen LogP contribution in [0.25, 0.3) is 0 Å². The minimum absolute atomic E-state index is 0. The third-order valence-electron chi connectivity index (χ3n) is 3.86. The molecule has 0 radical (unpaired) electrons. The average molecular weight is 468 g/mol. The molecule has 1 saturated heterocycles. The largest absolute Gasteiger partial charge is 0.357 e. The predicted octanol–water partition coefficient (Wildman–Crippen LogP) is 3.76. The van der Waals surface area contributed by atoms with Gasteiger partial charge in [-0.05, 0) is 46.3 Å². The second-order valence-corrected chi connectivity index (χ2v) is 8.99. The highest BCUT2D eigenvalue weighted by molar-refractivity contribution is 14.0. The molecular weight excluding hydrogens is 439 g/mol. The first-order valence-electron chi connectivity index (χ1n) is 8.11. The molecule has 1 aliphatic heterocycles. The summed E-state index contributed by atoms with van der Waals surface area (Å²) < 4.78 is 0.327. The van der Waals surface area contributed by atoms with Crippen molar-refractivity contribution in [1.82, 2.24) is 15.6 Å². The highest BCUT2D eigenvalue weighted by Crippen LogP contribution is 2.37. The number of nitrogens with zero attached hydrogens (tertiary/aromatic N) is 2. The first-order chi connectivity index (χ1) is 10.5. The number of aromatic nitrogens is 1. The molecule has 2 N–H and O–H groups in total. The number of nitrogens with one attached hydrogen (secondary N) is 2. The fraction of sp³-hybridized carbons (Fsp3) is 0.750. The summed E-state index contributed by atoms with van der Waals surface area (Å²) in [4.78, 5) is 10.6. The fourth-order valence-corrected chi connectivity index (χ4v) is 4.81. The van der Waals surface area contributed by atoms with Gasteiger partial charge in [0.15, 0.2) is 5.96 Å². The van der Waals surface area contributed by atoms with E-state index in [0.717, 1.165) is 37.0 Å². The van der Waals surface area contributed by atoms with Gasteiger partial charge in [-0.2, -0.15) is 11.8 Å². The molecule has 1 atom stereocenters. The van der Waals surface area contributed by atoms with Crippen LogP contribution >= 0.6 is 47.1 Å². The molecule has 1 unspecified atom stereocenters. The Bertz CT molecular complexity index is 510. The van der Waals surface area contributed by atoms with Crippen LogP contribution in [-0.4, -0.2) is 41.1 Å². The molecule has 0 bridgehead atoms. The van der Waals surface area contributed by atoms with Gasteiger partial charge >= 0.3 is 0 Å². The van der Waals surface area contributed by atoms with Gasteiger partial charge in [-0.3, -0.25) is 4.99 Å². The molecule has 2 heterocycles. The molecule has 23 heavy (non-hydrogen) atoms. The Hall–Kier alpha value is -0.0200. The maximum atomic E-state index is 4.79. The second kappa shape index (κ2) is 10.1. The number of aliphatic imine (C=N–C) groups is 1. The first kappa shape index (κ1) is 21.0. The monoisotopic (exact) mass is 468 g/mol. The number of guanidine groups is 1. The van der Waals surface area contributed by atoms with Crippen LogP contribution in [-0.2, 0) is 6.42 Å². The van der Waals surface area contributed by atoms with E-state index in [1.807, 2.05) is 0 Å². The number of thiazole rings is 1. The van der Waals surface area contributed by atoms with Gasteiger partial charge in [0.05, 0.1) is 17.2 Å². The van der Waals surface area contributed by atoms with E-state index >= 15 is 0 Å². The van der Waals surface area contributed by atoms with Crippen molar-refractivity contribution in [3.8, 4) is 0 Å². The lowest BCUT2D eigenvalue weighted by Crippen LogP contribution is -2.39. The van der Waals surface area contributed by atoms with Gasteiger partial charge in [0.25, 0.3) is 0 Å². The predicted molar refractivity (Wildman–Crippen MR) is 115 cm³/mol. The third-order valence-corrected chi connectivity index (χ3v) is 6.52. The Morgan fingerprint density at radius 1 is 1.35 bits per heavy atom. The highest BCUT2D eigenvalue weighted by Gasteiger charge is 2.29. The summed E-state index contributed by atoms with van der Waals surface area (Å²) >= 11 is 3.86. The zero-order valence-electron chi connectivity index (χ0n) is 14.6. The zero-order valence-corrected chi connectivity index (χ0v) is 18.5. The minimum atomic E-state index is 0. The lowest BCUT2D eigenvalue weighted by molar-refractivity contribution is 0.614. The van der Waals surface area contributed by atoms with E-state index in [1.54, 1.807) is 11.3 Å². The van der Waals surface area contributed by atoms with Crippen molar-refractivity contribution < 1.29 is 0 Å². The van der Waals surface area contributed by atoms with Crippen LogP contribution < -0.4 is 10.6 Å². The molecule has 1 aliphatic rings. The average Bonchev–Trinajstić information content (AvgIpc) is 3.03. The summed E-state index contributed by atoms with van der Waals surface area (Å²) in [5.41, 5.74) is 1.17. The molecule has 0 spiro atoms. The van der Waals surface area contributed by atoms with E-state index in [2.05, 4.69) is 55.1 Å². The molecule has 2 rings (SSSR count). The van der Waals surface area contributed by atoms with E-state index in [9.17, 15) is 0 Å². The molecule has 0 saturated carbocycles. The summed E-state index contributed by atoms with van der Waals surface area (Å²) in [6.07, 6.45) is 3.61. The van der Waals surface area contributed by atoms with Gasteiger partial charge in [-0.25, -0.2) is 4.98 Å². The van der Waals surface area contributed by atoms with Gasteiger partial charge in [-0.1, -0.05) is 0 Å². The SMILES string of the molecule is CCNC(=NCC1(C)CCCS1)NCCc1sc(C)nc1C.I. The van der Waals surface area contributed by atoms with Crippen LogP contribution in [0.4, 0.5) is 0 Å². The Labute approximate surface area is 165 Å². The van der Waals surface area contributed by atoms with Crippen LogP contribution in [0, 0.1) is 13.8 Å². The summed E-state index contributed by atoms with van der Waals surface area (Å²) in [5, 5.41) is 7.95. The molecule has 1 aromatic rings. The van der Waals surface area contributed by atoms with Crippen molar-refractivity contribution in [2.75, 3.05) is 25.4 Å². The van der Waals surface area contributed by atoms with Crippen molar-refractivity contribution in [3.05, 3.63) is 15.6 Å². The summed E-state index contributed by atoms with van der Waals surface area (Å²) in [6.45, 7) is 11.3. The molecule has 0 amide bonds. The molecule has 132 valence electrons. The summed E-state index contributed by atoms with van der Waals surface area (Å²) in [7, 11) is 0. The van der Waals surface area contributed by atoms with E-state index in [1.165, 1.54) is 29.2 Å². The van der Waals surface area contributed by atoms with Crippen molar-refractivity contribution in [2.45, 2.75) is 51.7 Å². The summed E-state index contributed by atoms with van der Waals surface area (Å²) in [6, 6.07) is 0. The van der Waals surface area contributed by atoms with E-state index < -0.39 is 0 Å². The van der Waals surface area contributed by atoms with E-state index in [4.69, 9.17) is 4.99 Å². The van der Waals surface area contributed by atoms with Crippen LogP contribution in [0.5, 0.6) is 0 Å². The minimum Gasteiger partial charge on any atom is -0.357 e. The lowest BCUT2D eigenvalue weighted by Gasteiger charge is -2.21. The van der Waals surface area contributed by atoms with Gasteiger partial charge in [0.1, 0.15) is 0 Å². The number of aryl methyl sites for hydroxylation is 2. The topological polar surface area (TPSA) is 49.3 Å².